The van der Waals surface area contributed by atoms with Crippen LogP contribution < -0.4 is 5.69 Å². The highest BCUT2D eigenvalue weighted by molar-refractivity contribution is 7.99. The molecule has 0 radical (unpaired) electrons. The van der Waals surface area contributed by atoms with E-state index in [4.69, 9.17) is 11.6 Å². The van der Waals surface area contributed by atoms with Crippen molar-refractivity contribution in [2.24, 2.45) is 7.05 Å². The summed E-state index contributed by atoms with van der Waals surface area (Å²) < 4.78 is 1.41. The SMILES string of the molecule is C[C@@H](O)c1ccc(Sc2n[nH]c(=O)n2C)c(Cl)c1. The van der Waals surface area contributed by atoms with E-state index in [-0.39, 0.29) is 5.69 Å². The third-order valence-electron chi connectivity index (χ3n) is 2.48. The van der Waals surface area contributed by atoms with Crippen LogP contribution in [-0.2, 0) is 7.05 Å². The summed E-state index contributed by atoms with van der Waals surface area (Å²) in [5.74, 6) is 0. The van der Waals surface area contributed by atoms with E-state index in [1.54, 1.807) is 32.2 Å². The highest BCUT2D eigenvalue weighted by Gasteiger charge is 2.11. The quantitative estimate of drug-likeness (QED) is 0.904. The topological polar surface area (TPSA) is 70.9 Å². The van der Waals surface area contributed by atoms with Crippen LogP contribution in [0.4, 0.5) is 0 Å². The largest absolute Gasteiger partial charge is 0.389 e. The van der Waals surface area contributed by atoms with Gasteiger partial charge in [0, 0.05) is 11.9 Å². The number of aliphatic hydroxyl groups is 1. The van der Waals surface area contributed by atoms with Gasteiger partial charge in [0.05, 0.1) is 11.1 Å². The van der Waals surface area contributed by atoms with Gasteiger partial charge < -0.3 is 5.11 Å². The Morgan fingerprint density at radius 1 is 1.56 bits per heavy atom. The maximum Gasteiger partial charge on any atom is 0.343 e. The van der Waals surface area contributed by atoms with Gasteiger partial charge in [0.2, 0.25) is 0 Å². The number of nitrogens with one attached hydrogen (secondary N) is 1. The summed E-state index contributed by atoms with van der Waals surface area (Å²) in [7, 11) is 1.63. The number of aromatic amines is 1. The highest BCUT2D eigenvalue weighted by Crippen LogP contribution is 2.33. The minimum absolute atomic E-state index is 0.269. The van der Waals surface area contributed by atoms with Gasteiger partial charge in [-0.25, -0.2) is 9.89 Å². The molecule has 1 aromatic heterocycles. The van der Waals surface area contributed by atoms with Gasteiger partial charge in [0.15, 0.2) is 5.16 Å². The molecule has 2 aromatic rings. The molecule has 2 N–H and O–H groups in total. The molecular weight excluding hydrogens is 274 g/mol. The first-order valence-electron chi connectivity index (χ1n) is 5.26. The molecular formula is C11H12ClN3O2S. The number of aromatic nitrogens is 3. The third-order valence-corrected chi connectivity index (χ3v) is 4.03. The smallest absolute Gasteiger partial charge is 0.343 e. The number of benzene rings is 1. The summed E-state index contributed by atoms with van der Waals surface area (Å²) >= 11 is 7.41. The first-order valence-corrected chi connectivity index (χ1v) is 6.45. The Hall–Kier alpha value is -1.24. The molecule has 0 aliphatic rings. The molecule has 1 heterocycles. The van der Waals surface area contributed by atoms with Crippen molar-refractivity contribution in [2.45, 2.75) is 23.1 Å². The molecule has 0 aliphatic carbocycles. The molecule has 0 spiro atoms. The number of rotatable bonds is 3. The van der Waals surface area contributed by atoms with Crippen LogP contribution in [0.25, 0.3) is 0 Å². The van der Waals surface area contributed by atoms with Crippen molar-refractivity contribution in [1.29, 1.82) is 0 Å². The molecule has 18 heavy (non-hydrogen) atoms. The van der Waals surface area contributed by atoms with Gasteiger partial charge in [-0.15, -0.1) is 5.10 Å². The number of halogens is 1. The van der Waals surface area contributed by atoms with Crippen LogP contribution >= 0.6 is 23.4 Å². The highest BCUT2D eigenvalue weighted by atomic mass is 35.5. The molecule has 2 rings (SSSR count). The van der Waals surface area contributed by atoms with E-state index < -0.39 is 6.10 Å². The molecule has 5 nitrogen and oxygen atoms in total. The minimum atomic E-state index is -0.559. The average molecular weight is 286 g/mol. The second-order valence-electron chi connectivity index (χ2n) is 3.84. The molecule has 0 saturated heterocycles. The lowest BCUT2D eigenvalue weighted by atomic mass is 10.1. The van der Waals surface area contributed by atoms with Gasteiger partial charge in [-0.2, -0.15) is 0 Å². The van der Waals surface area contributed by atoms with E-state index >= 15 is 0 Å². The first kappa shape index (κ1) is 13.2. The standard InChI is InChI=1S/C11H12ClN3O2S/c1-6(16)7-3-4-9(8(12)5-7)18-11-14-13-10(17)15(11)2/h3-6,16H,1-2H3,(H,13,17)/t6-/m1/s1. The predicted octanol–water partition coefficient (Wildman–Crippen LogP) is 1.97. The number of H-pyrrole nitrogens is 1. The zero-order valence-corrected chi connectivity index (χ0v) is 11.4. The van der Waals surface area contributed by atoms with E-state index in [2.05, 4.69) is 10.2 Å². The molecule has 96 valence electrons. The second kappa shape index (κ2) is 5.17. The van der Waals surface area contributed by atoms with Crippen LogP contribution in [0.2, 0.25) is 5.02 Å². The van der Waals surface area contributed by atoms with Crippen molar-refractivity contribution < 1.29 is 5.11 Å². The van der Waals surface area contributed by atoms with Gasteiger partial charge in [-0.05, 0) is 36.4 Å². The van der Waals surface area contributed by atoms with Crippen molar-refractivity contribution >= 4 is 23.4 Å². The fourth-order valence-electron chi connectivity index (χ4n) is 1.38. The van der Waals surface area contributed by atoms with Crippen LogP contribution in [0.5, 0.6) is 0 Å². The zero-order valence-electron chi connectivity index (χ0n) is 9.85. The Kier molecular flexibility index (Phi) is 3.79. The fourth-order valence-corrected chi connectivity index (χ4v) is 2.49. The van der Waals surface area contributed by atoms with E-state index in [0.717, 1.165) is 10.5 Å². The summed E-state index contributed by atoms with van der Waals surface area (Å²) in [6, 6.07) is 5.30. The van der Waals surface area contributed by atoms with E-state index in [1.807, 2.05) is 0 Å². The maximum atomic E-state index is 11.2. The molecule has 0 saturated carbocycles. The Bertz CT molecular complexity index is 621. The Morgan fingerprint density at radius 2 is 2.28 bits per heavy atom. The number of hydrogen-bond donors (Lipinski definition) is 2. The lowest BCUT2D eigenvalue weighted by Crippen LogP contribution is -2.12. The summed E-state index contributed by atoms with van der Waals surface area (Å²) in [6.07, 6.45) is -0.559. The van der Waals surface area contributed by atoms with Gasteiger partial charge in [0.25, 0.3) is 0 Å². The minimum Gasteiger partial charge on any atom is -0.389 e. The molecule has 0 unspecified atom stereocenters. The van der Waals surface area contributed by atoms with Crippen molar-refractivity contribution in [3.05, 3.63) is 39.3 Å². The monoisotopic (exact) mass is 285 g/mol. The van der Waals surface area contributed by atoms with Crippen LogP contribution in [-0.4, -0.2) is 19.9 Å². The summed E-state index contributed by atoms with van der Waals surface area (Å²) in [4.78, 5) is 12.0. The van der Waals surface area contributed by atoms with Gasteiger partial charge in [0.1, 0.15) is 0 Å². The zero-order chi connectivity index (χ0) is 13.3. The second-order valence-corrected chi connectivity index (χ2v) is 5.25. The van der Waals surface area contributed by atoms with Gasteiger partial charge in [-0.3, -0.25) is 4.57 Å². The first-order chi connectivity index (χ1) is 8.49. The van der Waals surface area contributed by atoms with E-state index in [0.29, 0.717) is 10.2 Å². The number of nitrogens with zero attached hydrogens (tertiary/aromatic N) is 2. The normalized spacial score (nSPS) is 12.7. The molecule has 0 bridgehead atoms. The average Bonchev–Trinajstić information content (AvgIpc) is 2.63. The lowest BCUT2D eigenvalue weighted by molar-refractivity contribution is 0.199. The van der Waals surface area contributed by atoms with Gasteiger partial charge in [-0.1, -0.05) is 17.7 Å². The molecule has 0 amide bonds. The molecule has 1 aromatic carbocycles. The summed E-state index contributed by atoms with van der Waals surface area (Å²) in [5.41, 5.74) is 0.481. The van der Waals surface area contributed by atoms with Crippen LogP contribution in [0.15, 0.2) is 33.0 Å². The van der Waals surface area contributed by atoms with Gasteiger partial charge >= 0.3 is 5.69 Å². The van der Waals surface area contributed by atoms with E-state index in [9.17, 15) is 9.90 Å². The number of aliphatic hydroxyl groups excluding tert-OH is 1. The predicted molar refractivity (Wildman–Crippen MR) is 70.0 cm³/mol. The maximum absolute atomic E-state index is 11.2. The van der Waals surface area contributed by atoms with Crippen molar-refractivity contribution in [3.63, 3.8) is 0 Å². The molecule has 1 atom stereocenters. The summed E-state index contributed by atoms with van der Waals surface area (Å²) in [6.45, 7) is 1.68. The van der Waals surface area contributed by atoms with E-state index in [1.165, 1.54) is 16.3 Å². The van der Waals surface area contributed by atoms with Crippen LogP contribution in [0.3, 0.4) is 0 Å². The van der Waals surface area contributed by atoms with Crippen LogP contribution in [0.1, 0.15) is 18.6 Å². The number of hydrogen-bond acceptors (Lipinski definition) is 4. The molecule has 0 aliphatic heterocycles. The Balaban J connectivity index is 2.30. The molecule has 0 fully saturated rings. The fraction of sp³-hybridized carbons (Fsp3) is 0.273. The third kappa shape index (κ3) is 2.60. The van der Waals surface area contributed by atoms with Crippen LogP contribution in [0, 0.1) is 0 Å². The Labute approximate surface area is 113 Å². The summed E-state index contributed by atoms with van der Waals surface area (Å²) in [5, 5.41) is 16.8. The van der Waals surface area contributed by atoms with Crippen molar-refractivity contribution in [3.8, 4) is 0 Å². The van der Waals surface area contributed by atoms with Crippen molar-refractivity contribution in [2.75, 3.05) is 0 Å². The van der Waals surface area contributed by atoms with Crippen molar-refractivity contribution in [1.82, 2.24) is 14.8 Å². The lowest BCUT2D eigenvalue weighted by Gasteiger charge is -2.08. The Morgan fingerprint density at radius 3 is 2.78 bits per heavy atom. The molecule has 7 heteroatoms.